The van der Waals surface area contributed by atoms with Crippen LogP contribution in [-0.4, -0.2) is 9.38 Å². The van der Waals surface area contributed by atoms with E-state index < -0.39 is 0 Å². The summed E-state index contributed by atoms with van der Waals surface area (Å²) in [5, 5.41) is 8.05. The van der Waals surface area contributed by atoms with E-state index in [1.54, 1.807) is 0 Å². The molecule has 0 aliphatic rings. The fourth-order valence-electron chi connectivity index (χ4n) is 5.89. The Hall–Kier alpha value is -3.52. The zero-order valence-electron chi connectivity index (χ0n) is 20.8. The van der Waals surface area contributed by atoms with Crippen molar-refractivity contribution in [3.8, 4) is 0 Å². The number of aromatic nitrogens is 2. The highest BCUT2D eigenvalue weighted by atomic mass is 14.9. The molecule has 0 fully saturated rings. The highest BCUT2D eigenvalue weighted by molar-refractivity contribution is 6.35. The van der Waals surface area contributed by atoms with Crippen LogP contribution in [0.3, 0.4) is 0 Å². The van der Waals surface area contributed by atoms with Crippen LogP contribution in [0.2, 0.25) is 0 Å². The van der Waals surface area contributed by atoms with E-state index in [4.69, 9.17) is 0 Å². The molecule has 0 saturated carbocycles. The zero-order valence-corrected chi connectivity index (χ0v) is 20.8. The van der Waals surface area contributed by atoms with Gasteiger partial charge in [-0.15, -0.1) is 0 Å². The number of rotatable bonds is 0. The highest BCUT2D eigenvalue weighted by Gasteiger charge is 2.24. The molecule has 0 bridgehead atoms. The van der Waals surface area contributed by atoms with Gasteiger partial charge in [-0.05, 0) is 58.4 Å². The van der Waals surface area contributed by atoms with Gasteiger partial charge in [-0.2, -0.15) is 0 Å². The number of para-hydroxylation sites is 1. The minimum Gasteiger partial charge on any atom is -0.354 e. The quantitative estimate of drug-likeness (QED) is 0.242. The zero-order chi connectivity index (χ0) is 23.6. The van der Waals surface area contributed by atoms with Gasteiger partial charge in [0.2, 0.25) is 0 Å². The molecule has 0 aliphatic carbocycles. The molecule has 1 N–H and O–H groups in total. The number of fused-ring (bicyclic) bond motifs is 10. The molecule has 0 amide bonds. The van der Waals surface area contributed by atoms with Gasteiger partial charge in [-0.3, -0.25) is 0 Å². The minimum atomic E-state index is 0.0982. The molecular weight excluding hydrogens is 412 g/mol. The van der Waals surface area contributed by atoms with E-state index in [2.05, 4.69) is 118 Å². The monoisotopic (exact) mass is 442 g/mol. The summed E-state index contributed by atoms with van der Waals surface area (Å²) in [5.41, 5.74) is 9.31. The van der Waals surface area contributed by atoms with Gasteiger partial charge in [0.25, 0.3) is 0 Å². The average molecular weight is 443 g/mol. The summed E-state index contributed by atoms with van der Waals surface area (Å²) < 4.78 is 2.49. The summed E-state index contributed by atoms with van der Waals surface area (Å²) in [5.74, 6) is 0. The third-order valence-corrected chi connectivity index (χ3v) is 7.76. The van der Waals surface area contributed by atoms with Gasteiger partial charge in [0.05, 0.1) is 16.6 Å². The second-order valence-corrected chi connectivity index (χ2v) is 12.0. The van der Waals surface area contributed by atoms with Crippen molar-refractivity contribution < 1.29 is 0 Å². The maximum Gasteiger partial charge on any atom is 0.0628 e. The van der Waals surface area contributed by atoms with E-state index in [-0.39, 0.29) is 10.8 Å². The predicted octanol–water partition coefficient (Wildman–Crippen LogP) is 9.07. The minimum absolute atomic E-state index is 0.0982. The molecule has 34 heavy (non-hydrogen) atoms. The van der Waals surface area contributed by atoms with Gasteiger partial charge in [-0.25, -0.2) is 0 Å². The number of hydrogen-bond acceptors (Lipinski definition) is 0. The number of nitrogens with zero attached hydrogens (tertiary/aromatic N) is 1. The van der Waals surface area contributed by atoms with Crippen molar-refractivity contribution in [2.75, 3.05) is 0 Å². The Kier molecular flexibility index (Phi) is 3.59. The Bertz CT molecular complexity index is 1910. The Labute approximate surface area is 199 Å². The topological polar surface area (TPSA) is 20.2 Å². The lowest BCUT2D eigenvalue weighted by molar-refractivity contribution is 0.591. The Morgan fingerprint density at radius 3 is 1.94 bits per heavy atom. The molecule has 3 aromatic heterocycles. The molecule has 7 aromatic rings. The molecule has 0 radical (unpaired) electrons. The number of H-pyrrole nitrogens is 1. The fraction of sp³-hybridized carbons (Fsp3) is 0.250. The lowest BCUT2D eigenvalue weighted by Gasteiger charge is -2.19. The summed E-state index contributed by atoms with van der Waals surface area (Å²) in [6.45, 7) is 13.8. The second-order valence-electron chi connectivity index (χ2n) is 12.0. The summed E-state index contributed by atoms with van der Waals surface area (Å²) in [7, 11) is 0. The van der Waals surface area contributed by atoms with Gasteiger partial charge >= 0.3 is 0 Å². The summed E-state index contributed by atoms with van der Waals surface area (Å²) in [6, 6.07) is 25.3. The van der Waals surface area contributed by atoms with Crippen molar-refractivity contribution in [3.05, 3.63) is 77.9 Å². The van der Waals surface area contributed by atoms with Crippen molar-refractivity contribution in [2.24, 2.45) is 0 Å². The molecule has 3 heterocycles. The molecule has 0 aliphatic heterocycles. The normalized spacial score (nSPS) is 13.6. The highest BCUT2D eigenvalue weighted by Crippen LogP contribution is 2.46. The van der Waals surface area contributed by atoms with E-state index in [0.29, 0.717) is 0 Å². The SMILES string of the molecule is CC(C)(C)c1ccc2[nH]c3cc4c5ccccc5n5c6ccc(C(C)(C)C)cc6c(c3c2c1)c45. The molecule has 0 saturated heterocycles. The van der Waals surface area contributed by atoms with Crippen molar-refractivity contribution >= 4 is 59.9 Å². The Morgan fingerprint density at radius 2 is 1.21 bits per heavy atom. The van der Waals surface area contributed by atoms with Crippen LogP contribution in [0.15, 0.2) is 66.7 Å². The number of hydrogen-bond donors (Lipinski definition) is 1. The first-order chi connectivity index (χ1) is 16.1. The predicted molar refractivity (Wildman–Crippen MR) is 148 cm³/mol. The van der Waals surface area contributed by atoms with Crippen LogP contribution < -0.4 is 0 Å². The maximum absolute atomic E-state index is 3.77. The summed E-state index contributed by atoms with van der Waals surface area (Å²) in [6.07, 6.45) is 0. The lowest BCUT2D eigenvalue weighted by atomic mass is 9.85. The fourth-order valence-corrected chi connectivity index (χ4v) is 5.89. The molecule has 2 heteroatoms. The van der Waals surface area contributed by atoms with Crippen molar-refractivity contribution in [1.82, 2.24) is 9.38 Å². The smallest absolute Gasteiger partial charge is 0.0628 e. The first-order valence-electron chi connectivity index (χ1n) is 12.3. The molecule has 4 aromatic carbocycles. The van der Waals surface area contributed by atoms with E-state index in [1.807, 2.05) is 0 Å². The van der Waals surface area contributed by atoms with Gasteiger partial charge in [-0.1, -0.05) is 71.9 Å². The van der Waals surface area contributed by atoms with Crippen molar-refractivity contribution in [1.29, 1.82) is 0 Å². The van der Waals surface area contributed by atoms with E-state index >= 15 is 0 Å². The molecular formula is C32H30N2. The largest absolute Gasteiger partial charge is 0.354 e. The van der Waals surface area contributed by atoms with Crippen LogP contribution in [0.25, 0.3) is 59.9 Å². The van der Waals surface area contributed by atoms with Crippen molar-refractivity contribution in [2.45, 2.75) is 52.4 Å². The van der Waals surface area contributed by atoms with Crippen LogP contribution >= 0.6 is 0 Å². The van der Waals surface area contributed by atoms with Gasteiger partial charge in [0.15, 0.2) is 0 Å². The maximum atomic E-state index is 3.77. The number of nitrogens with one attached hydrogen (secondary N) is 1. The van der Waals surface area contributed by atoms with Crippen molar-refractivity contribution in [3.63, 3.8) is 0 Å². The summed E-state index contributed by atoms with van der Waals surface area (Å²) >= 11 is 0. The van der Waals surface area contributed by atoms with E-state index in [1.165, 1.54) is 71.0 Å². The Morgan fingerprint density at radius 1 is 0.559 bits per heavy atom. The van der Waals surface area contributed by atoms with Crippen LogP contribution in [0.4, 0.5) is 0 Å². The third kappa shape index (κ3) is 2.46. The van der Waals surface area contributed by atoms with Gasteiger partial charge in [0.1, 0.15) is 0 Å². The second kappa shape index (κ2) is 6.13. The summed E-state index contributed by atoms with van der Waals surface area (Å²) in [4.78, 5) is 3.77. The number of aromatic amines is 1. The third-order valence-electron chi connectivity index (χ3n) is 7.76. The van der Waals surface area contributed by atoms with Gasteiger partial charge in [0, 0.05) is 43.4 Å². The molecule has 0 atom stereocenters. The lowest BCUT2D eigenvalue weighted by Crippen LogP contribution is -2.10. The van der Waals surface area contributed by atoms with E-state index in [0.717, 1.165) is 0 Å². The number of benzene rings is 4. The van der Waals surface area contributed by atoms with Crippen LogP contribution in [0, 0.1) is 0 Å². The first-order valence-corrected chi connectivity index (χ1v) is 12.3. The molecule has 168 valence electrons. The van der Waals surface area contributed by atoms with E-state index in [9.17, 15) is 0 Å². The standard InChI is InChI=1S/C32H30N2/c1-31(2,3)18-11-13-24-22(15-18)28-25(33-24)17-21-20-9-7-8-10-26(20)34-27-14-12-19(32(4,5)6)16-23(27)29(28)30(21)34/h7-17,33H,1-6H3. The molecule has 2 nitrogen and oxygen atoms in total. The first kappa shape index (κ1) is 19.9. The Balaban J connectivity index is 1.79. The van der Waals surface area contributed by atoms with Crippen LogP contribution in [-0.2, 0) is 10.8 Å². The van der Waals surface area contributed by atoms with Crippen LogP contribution in [0.5, 0.6) is 0 Å². The average Bonchev–Trinajstić information content (AvgIpc) is 3.42. The molecule has 7 rings (SSSR count). The van der Waals surface area contributed by atoms with Gasteiger partial charge < -0.3 is 9.38 Å². The van der Waals surface area contributed by atoms with Crippen LogP contribution in [0.1, 0.15) is 52.7 Å². The molecule has 0 spiro atoms. The molecule has 0 unspecified atom stereocenters.